The lowest BCUT2D eigenvalue weighted by Crippen LogP contribution is -2.15. The molecular weight excluding hydrogens is 539 g/mol. The third-order valence-electron chi connectivity index (χ3n) is 4.62. The van der Waals surface area contributed by atoms with Gasteiger partial charge in [-0.05, 0) is 70.7 Å². The van der Waals surface area contributed by atoms with Crippen LogP contribution in [0.2, 0.25) is 10.0 Å². The first-order chi connectivity index (χ1) is 14.7. The van der Waals surface area contributed by atoms with Crippen LogP contribution in [0.15, 0.2) is 40.0 Å². The van der Waals surface area contributed by atoms with Crippen LogP contribution in [0.25, 0.3) is 0 Å². The number of anilines is 1. The SMILES string of the molecule is Cc1cc(Br)c(NC(=O)CSc2nnc(CSCc3ccc(Cl)cc3Cl)n2C)cc1C. The van der Waals surface area contributed by atoms with E-state index in [2.05, 4.69) is 31.4 Å². The van der Waals surface area contributed by atoms with Crippen LogP contribution in [-0.2, 0) is 23.3 Å². The molecule has 0 fully saturated rings. The molecule has 3 rings (SSSR count). The molecule has 1 aromatic heterocycles. The van der Waals surface area contributed by atoms with Crippen molar-refractivity contribution in [1.82, 2.24) is 14.8 Å². The maximum Gasteiger partial charge on any atom is 0.234 e. The highest BCUT2D eigenvalue weighted by Crippen LogP contribution is 2.28. The Labute approximate surface area is 208 Å². The summed E-state index contributed by atoms with van der Waals surface area (Å²) < 4.78 is 2.79. The van der Waals surface area contributed by atoms with E-state index in [9.17, 15) is 4.79 Å². The number of hydrogen-bond donors (Lipinski definition) is 1. The summed E-state index contributed by atoms with van der Waals surface area (Å²) in [6.07, 6.45) is 0. The van der Waals surface area contributed by atoms with Crippen molar-refractivity contribution < 1.29 is 4.79 Å². The first-order valence-electron chi connectivity index (χ1n) is 9.34. The van der Waals surface area contributed by atoms with Crippen molar-refractivity contribution >= 4 is 74.3 Å². The van der Waals surface area contributed by atoms with Crippen LogP contribution in [0.3, 0.4) is 0 Å². The summed E-state index contributed by atoms with van der Waals surface area (Å²) in [6, 6.07) is 9.48. The Balaban J connectivity index is 1.52. The summed E-state index contributed by atoms with van der Waals surface area (Å²) in [5.74, 6) is 2.43. The predicted molar refractivity (Wildman–Crippen MR) is 135 cm³/mol. The van der Waals surface area contributed by atoms with Gasteiger partial charge in [0.05, 0.1) is 17.2 Å². The van der Waals surface area contributed by atoms with Crippen molar-refractivity contribution in [3.63, 3.8) is 0 Å². The zero-order chi connectivity index (χ0) is 22.5. The van der Waals surface area contributed by atoms with E-state index in [0.29, 0.717) is 21.0 Å². The number of halogens is 3. The quantitative estimate of drug-likeness (QED) is 0.312. The van der Waals surface area contributed by atoms with E-state index < -0.39 is 0 Å². The second-order valence-electron chi connectivity index (χ2n) is 6.94. The number of carbonyl (C=O) groups excluding carboxylic acids is 1. The summed E-state index contributed by atoms with van der Waals surface area (Å²) in [4.78, 5) is 12.4. The van der Waals surface area contributed by atoms with Crippen LogP contribution in [0.1, 0.15) is 22.5 Å². The number of hydrogen-bond acceptors (Lipinski definition) is 5. The van der Waals surface area contributed by atoms with E-state index in [0.717, 1.165) is 32.9 Å². The van der Waals surface area contributed by atoms with Gasteiger partial charge in [-0.3, -0.25) is 4.79 Å². The van der Waals surface area contributed by atoms with Crippen LogP contribution < -0.4 is 5.32 Å². The molecule has 1 amide bonds. The van der Waals surface area contributed by atoms with Crippen molar-refractivity contribution in [1.29, 1.82) is 0 Å². The third-order valence-corrected chi connectivity index (χ3v) is 7.86. The second-order valence-corrected chi connectivity index (χ2v) is 10.6. The fourth-order valence-corrected chi connectivity index (χ4v) is 5.53. The minimum absolute atomic E-state index is 0.0924. The summed E-state index contributed by atoms with van der Waals surface area (Å²) in [7, 11) is 1.91. The molecule has 0 aliphatic rings. The van der Waals surface area contributed by atoms with Crippen LogP contribution in [-0.4, -0.2) is 26.4 Å². The Hall–Kier alpha value is -1.19. The fraction of sp³-hybridized carbons (Fsp3) is 0.286. The van der Waals surface area contributed by atoms with Gasteiger partial charge < -0.3 is 9.88 Å². The molecule has 31 heavy (non-hydrogen) atoms. The van der Waals surface area contributed by atoms with Gasteiger partial charge in [0.25, 0.3) is 0 Å². The minimum Gasteiger partial charge on any atom is -0.324 e. The molecule has 0 radical (unpaired) electrons. The summed E-state index contributed by atoms with van der Waals surface area (Å²) in [5, 5.41) is 13.4. The van der Waals surface area contributed by atoms with E-state index in [1.165, 1.54) is 17.3 Å². The first kappa shape index (κ1) is 24.5. The van der Waals surface area contributed by atoms with Gasteiger partial charge in [0, 0.05) is 27.3 Å². The number of nitrogens with zero attached hydrogens (tertiary/aromatic N) is 3. The molecule has 5 nitrogen and oxygen atoms in total. The van der Waals surface area contributed by atoms with Crippen molar-refractivity contribution in [3.8, 4) is 0 Å². The van der Waals surface area contributed by atoms with Crippen LogP contribution in [0.4, 0.5) is 5.69 Å². The topological polar surface area (TPSA) is 59.8 Å². The molecule has 0 aliphatic heterocycles. The zero-order valence-corrected chi connectivity index (χ0v) is 21.9. The molecule has 3 aromatic rings. The summed E-state index contributed by atoms with van der Waals surface area (Å²) >= 11 is 18.7. The average Bonchev–Trinajstić information content (AvgIpc) is 3.06. The van der Waals surface area contributed by atoms with E-state index in [-0.39, 0.29) is 11.7 Å². The van der Waals surface area contributed by atoms with Gasteiger partial charge in [-0.25, -0.2) is 0 Å². The van der Waals surface area contributed by atoms with Crippen molar-refractivity contribution in [3.05, 3.63) is 67.4 Å². The standard InChI is InChI=1S/C21H21BrCl2N4OS2/c1-12-6-16(22)18(7-13(12)2)25-20(29)11-31-21-27-26-19(28(21)3)10-30-9-14-4-5-15(23)8-17(14)24/h4-8H,9-11H2,1-3H3,(H,25,29). The average molecular weight is 560 g/mol. The molecule has 0 spiro atoms. The normalized spacial score (nSPS) is 11.0. The number of thioether (sulfide) groups is 2. The first-order valence-corrected chi connectivity index (χ1v) is 13.0. The van der Waals surface area contributed by atoms with Crippen LogP contribution in [0, 0.1) is 13.8 Å². The maximum atomic E-state index is 12.4. The Morgan fingerprint density at radius 2 is 1.87 bits per heavy atom. The highest BCUT2D eigenvalue weighted by molar-refractivity contribution is 9.10. The Bertz CT molecular complexity index is 1110. The second kappa shape index (κ2) is 11.1. The van der Waals surface area contributed by atoms with Crippen LogP contribution in [0.5, 0.6) is 0 Å². The molecular formula is C21H21BrCl2N4OS2. The van der Waals surface area contributed by atoms with E-state index >= 15 is 0 Å². The maximum absolute atomic E-state index is 12.4. The largest absolute Gasteiger partial charge is 0.324 e. The van der Waals surface area contributed by atoms with E-state index in [4.69, 9.17) is 23.2 Å². The zero-order valence-electron chi connectivity index (χ0n) is 17.2. The minimum atomic E-state index is -0.0924. The molecule has 0 saturated carbocycles. The van der Waals surface area contributed by atoms with Gasteiger partial charge in [-0.15, -0.1) is 22.0 Å². The molecule has 0 saturated heterocycles. The molecule has 2 aromatic carbocycles. The molecule has 0 unspecified atom stereocenters. The molecule has 0 atom stereocenters. The van der Waals surface area contributed by atoms with Crippen LogP contribution >= 0.6 is 62.7 Å². The van der Waals surface area contributed by atoms with Gasteiger partial charge >= 0.3 is 0 Å². The summed E-state index contributed by atoms with van der Waals surface area (Å²) in [6.45, 7) is 4.06. The molecule has 164 valence electrons. The highest BCUT2D eigenvalue weighted by Gasteiger charge is 2.13. The van der Waals surface area contributed by atoms with Gasteiger partial charge in [0.2, 0.25) is 5.91 Å². The number of benzene rings is 2. The number of rotatable bonds is 8. The van der Waals surface area contributed by atoms with Crippen molar-refractivity contribution in [2.45, 2.75) is 30.5 Å². The Morgan fingerprint density at radius 3 is 2.61 bits per heavy atom. The number of amides is 1. The number of carbonyl (C=O) groups is 1. The summed E-state index contributed by atoms with van der Waals surface area (Å²) in [5.41, 5.74) is 4.09. The smallest absolute Gasteiger partial charge is 0.234 e. The van der Waals surface area contributed by atoms with Gasteiger partial charge in [-0.2, -0.15) is 0 Å². The van der Waals surface area contributed by atoms with Gasteiger partial charge in [-0.1, -0.05) is 41.0 Å². The molecule has 1 N–H and O–H groups in total. The van der Waals surface area contributed by atoms with Crippen molar-refractivity contribution in [2.24, 2.45) is 7.05 Å². The fourth-order valence-electron chi connectivity index (χ4n) is 2.68. The number of aromatic nitrogens is 3. The number of nitrogens with one attached hydrogen (secondary N) is 1. The van der Waals surface area contributed by atoms with E-state index in [1.807, 2.05) is 49.7 Å². The highest BCUT2D eigenvalue weighted by atomic mass is 79.9. The Morgan fingerprint density at radius 1 is 1.13 bits per heavy atom. The molecule has 1 heterocycles. The van der Waals surface area contributed by atoms with E-state index in [1.54, 1.807) is 17.8 Å². The Kier molecular flexibility index (Phi) is 8.75. The van der Waals surface area contributed by atoms with Crippen molar-refractivity contribution in [2.75, 3.05) is 11.1 Å². The monoisotopic (exact) mass is 558 g/mol. The lowest BCUT2D eigenvalue weighted by Gasteiger charge is -2.10. The van der Waals surface area contributed by atoms with Gasteiger partial charge in [0.15, 0.2) is 5.16 Å². The molecule has 10 heteroatoms. The molecule has 0 aliphatic carbocycles. The lowest BCUT2D eigenvalue weighted by molar-refractivity contribution is -0.113. The lowest BCUT2D eigenvalue weighted by atomic mass is 10.1. The molecule has 0 bridgehead atoms. The van der Waals surface area contributed by atoms with Gasteiger partial charge in [0.1, 0.15) is 5.82 Å². The third kappa shape index (κ3) is 6.65. The number of aryl methyl sites for hydroxylation is 2. The predicted octanol–water partition coefficient (Wildman–Crippen LogP) is 6.67.